The van der Waals surface area contributed by atoms with Crippen molar-refractivity contribution >= 4 is 59.3 Å². The largest absolute Gasteiger partial charge is 0.310 e. The number of fused-ring (bicyclic) bond motifs is 4. The van der Waals surface area contributed by atoms with E-state index in [1.54, 1.807) is 0 Å². The summed E-state index contributed by atoms with van der Waals surface area (Å²) >= 11 is 1.86. The highest BCUT2D eigenvalue weighted by molar-refractivity contribution is 7.25. The Morgan fingerprint density at radius 2 is 0.783 bits per heavy atom. The number of hydrogen-bond donors (Lipinski definition) is 0. The molecule has 11 rings (SSSR count). The van der Waals surface area contributed by atoms with E-state index in [4.69, 9.17) is 0 Å². The monoisotopic (exact) mass is 781 g/mol. The van der Waals surface area contributed by atoms with Gasteiger partial charge in [-0.05, 0) is 109 Å². The molecule has 0 fully saturated rings. The smallest absolute Gasteiger partial charge is 0.0540 e. The van der Waals surface area contributed by atoms with Crippen LogP contribution in [0.25, 0.3) is 86.6 Å². The van der Waals surface area contributed by atoms with Gasteiger partial charge in [0.2, 0.25) is 0 Å². The van der Waals surface area contributed by atoms with E-state index in [1.807, 2.05) is 11.3 Å². The Kier molecular flexibility index (Phi) is 9.11. The fraction of sp³-hybridized carbons (Fsp3) is 0. The van der Waals surface area contributed by atoms with Gasteiger partial charge in [0.15, 0.2) is 0 Å². The van der Waals surface area contributed by atoms with Crippen LogP contribution in [0.15, 0.2) is 237 Å². The minimum absolute atomic E-state index is 1.10. The zero-order valence-electron chi connectivity index (χ0n) is 32.9. The maximum Gasteiger partial charge on any atom is 0.0540 e. The average Bonchev–Trinajstić information content (AvgIpc) is 3.70. The Morgan fingerprint density at radius 1 is 0.267 bits per heavy atom. The molecule has 0 spiro atoms. The lowest BCUT2D eigenvalue weighted by Gasteiger charge is -2.28. The fourth-order valence-corrected chi connectivity index (χ4v) is 9.75. The van der Waals surface area contributed by atoms with Crippen LogP contribution >= 0.6 is 11.3 Å². The molecule has 10 aromatic carbocycles. The van der Waals surface area contributed by atoms with E-state index in [1.165, 1.54) is 86.6 Å². The minimum atomic E-state index is 1.10. The molecule has 0 amide bonds. The second kappa shape index (κ2) is 15.3. The van der Waals surface area contributed by atoms with Gasteiger partial charge < -0.3 is 4.90 Å². The Balaban J connectivity index is 1.00. The third-order valence-electron chi connectivity index (χ3n) is 11.7. The maximum absolute atomic E-state index is 2.42. The van der Waals surface area contributed by atoms with E-state index in [9.17, 15) is 0 Å². The molecular weight excluding hydrogens is 743 g/mol. The second-order valence-corrected chi connectivity index (χ2v) is 16.4. The summed E-state index contributed by atoms with van der Waals surface area (Å²) in [6, 6.07) is 86.2. The average molecular weight is 782 g/mol. The van der Waals surface area contributed by atoms with Crippen LogP contribution in [0, 0.1) is 0 Å². The molecule has 1 aromatic heterocycles. The minimum Gasteiger partial charge on any atom is -0.310 e. The van der Waals surface area contributed by atoms with Crippen LogP contribution in [0.3, 0.4) is 0 Å². The summed E-state index contributed by atoms with van der Waals surface area (Å²) in [5, 5.41) is 5.13. The molecule has 0 aliphatic heterocycles. The quantitative estimate of drug-likeness (QED) is 0.148. The molecule has 0 unspecified atom stereocenters. The van der Waals surface area contributed by atoms with Gasteiger partial charge in [0.05, 0.1) is 5.69 Å². The molecule has 0 aliphatic rings. The van der Waals surface area contributed by atoms with Gasteiger partial charge in [-0.25, -0.2) is 0 Å². The fourth-order valence-electron chi connectivity index (χ4n) is 8.67. The third-order valence-corrected chi connectivity index (χ3v) is 12.9. The van der Waals surface area contributed by atoms with Crippen LogP contribution in [0.5, 0.6) is 0 Å². The highest BCUT2D eigenvalue weighted by atomic mass is 32.1. The number of hydrogen-bond acceptors (Lipinski definition) is 2. The number of benzene rings is 10. The summed E-state index contributed by atoms with van der Waals surface area (Å²) in [5.41, 5.74) is 15.3. The van der Waals surface area contributed by atoms with Gasteiger partial charge in [-0.2, -0.15) is 0 Å². The van der Waals surface area contributed by atoms with Gasteiger partial charge in [0.25, 0.3) is 0 Å². The molecule has 282 valence electrons. The van der Waals surface area contributed by atoms with Crippen LogP contribution in [-0.4, -0.2) is 0 Å². The molecule has 2 heteroatoms. The van der Waals surface area contributed by atoms with Gasteiger partial charge >= 0.3 is 0 Å². The SMILES string of the molecule is c1ccc(-c2ccc(-c3ccc(N(c4cccc(-c5ccc(-c6cccc7ccccc67)cc5)c4)c4ccccc4-c4ccc5sc6ccccc6c5c4)cc3)cc2)cc1. The van der Waals surface area contributed by atoms with Crippen molar-refractivity contribution in [1.29, 1.82) is 0 Å². The van der Waals surface area contributed by atoms with Crippen molar-refractivity contribution in [3.8, 4) is 55.6 Å². The van der Waals surface area contributed by atoms with Crippen molar-refractivity contribution in [3.05, 3.63) is 237 Å². The molecule has 1 heterocycles. The molecule has 0 saturated carbocycles. The summed E-state index contributed by atoms with van der Waals surface area (Å²) in [4.78, 5) is 2.42. The summed E-state index contributed by atoms with van der Waals surface area (Å²) in [6.07, 6.45) is 0. The molecule has 0 aliphatic carbocycles. The Bertz CT molecular complexity index is 3280. The number of anilines is 3. The molecule has 0 atom stereocenters. The predicted molar refractivity (Wildman–Crippen MR) is 259 cm³/mol. The van der Waals surface area contributed by atoms with E-state index in [0.29, 0.717) is 0 Å². The van der Waals surface area contributed by atoms with Crippen molar-refractivity contribution in [1.82, 2.24) is 0 Å². The number of para-hydroxylation sites is 1. The van der Waals surface area contributed by atoms with Crippen molar-refractivity contribution < 1.29 is 0 Å². The van der Waals surface area contributed by atoms with Crippen molar-refractivity contribution in [3.63, 3.8) is 0 Å². The first kappa shape index (κ1) is 35.6. The number of rotatable bonds is 8. The van der Waals surface area contributed by atoms with Gasteiger partial charge in [0, 0.05) is 37.1 Å². The molecule has 0 bridgehead atoms. The summed E-state index contributed by atoms with van der Waals surface area (Å²) < 4.78 is 2.62. The van der Waals surface area contributed by atoms with E-state index >= 15 is 0 Å². The zero-order chi connectivity index (χ0) is 39.8. The normalized spacial score (nSPS) is 11.3. The van der Waals surface area contributed by atoms with Gasteiger partial charge in [-0.3, -0.25) is 0 Å². The molecule has 11 aromatic rings. The molecule has 60 heavy (non-hydrogen) atoms. The van der Waals surface area contributed by atoms with E-state index in [0.717, 1.165) is 17.1 Å². The van der Waals surface area contributed by atoms with Gasteiger partial charge in [-0.1, -0.05) is 188 Å². The van der Waals surface area contributed by atoms with E-state index in [2.05, 4.69) is 241 Å². The topological polar surface area (TPSA) is 3.24 Å². The van der Waals surface area contributed by atoms with Crippen LogP contribution in [0.2, 0.25) is 0 Å². The van der Waals surface area contributed by atoms with Crippen LogP contribution < -0.4 is 4.90 Å². The summed E-state index contributed by atoms with van der Waals surface area (Å²) in [6.45, 7) is 0. The highest BCUT2D eigenvalue weighted by Gasteiger charge is 2.19. The number of nitrogens with zero attached hydrogens (tertiary/aromatic N) is 1. The lowest BCUT2D eigenvalue weighted by atomic mass is 9.96. The first-order chi connectivity index (χ1) is 29.7. The second-order valence-electron chi connectivity index (χ2n) is 15.3. The van der Waals surface area contributed by atoms with Gasteiger partial charge in [0.1, 0.15) is 0 Å². The van der Waals surface area contributed by atoms with Gasteiger partial charge in [-0.15, -0.1) is 11.3 Å². The Hall–Kier alpha value is -7.52. The first-order valence-electron chi connectivity index (χ1n) is 20.5. The van der Waals surface area contributed by atoms with Crippen molar-refractivity contribution in [2.45, 2.75) is 0 Å². The van der Waals surface area contributed by atoms with E-state index < -0.39 is 0 Å². The molecular formula is C58H39NS. The molecule has 0 radical (unpaired) electrons. The first-order valence-corrected chi connectivity index (χ1v) is 21.3. The highest BCUT2D eigenvalue weighted by Crippen LogP contribution is 2.44. The molecule has 1 nitrogen and oxygen atoms in total. The van der Waals surface area contributed by atoms with Crippen LogP contribution in [-0.2, 0) is 0 Å². The number of thiophene rings is 1. The van der Waals surface area contributed by atoms with Crippen molar-refractivity contribution in [2.75, 3.05) is 4.90 Å². The Morgan fingerprint density at radius 3 is 1.57 bits per heavy atom. The van der Waals surface area contributed by atoms with Crippen LogP contribution in [0.4, 0.5) is 17.1 Å². The summed E-state index contributed by atoms with van der Waals surface area (Å²) in [7, 11) is 0. The zero-order valence-corrected chi connectivity index (χ0v) is 33.7. The third kappa shape index (κ3) is 6.63. The molecule has 0 saturated heterocycles. The lowest BCUT2D eigenvalue weighted by Crippen LogP contribution is -2.11. The molecule has 0 N–H and O–H groups in total. The summed E-state index contributed by atoms with van der Waals surface area (Å²) in [5.74, 6) is 0. The lowest BCUT2D eigenvalue weighted by molar-refractivity contribution is 1.28. The van der Waals surface area contributed by atoms with Crippen LogP contribution in [0.1, 0.15) is 0 Å². The van der Waals surface area contributed by atoms with E-state index in [-0.39, 0.29) is 0 Å². The Labute approximate surface area is 354 Å². The van der Waals surface area contributed by atoms with Crippen molar-refractivity contribution in [2.24, 2.45) is 0 Å². The maximum atomic E-state index is 2.42. The standard InChI is InChI=1S/C58H39NS/c1-2-12-40(13-3-1)41-24-26-42(27-25-41)43-32-35-49(36-33-43)59(56-22-8-6-19-53(56)48-34-37-58-55(39-48)54-20-7-9-23-57(54)60-58)50-17-10-16-47(38-50)44-28-30-46(31-29-44)52-21-11-15-45-14-4-5-18-51(45)52/h1-39H. The predicted octanol–water partition coefficient (Wildman–Crippen LogP) is 17.0.